The van der Waals surface area contributed by atoms with Gasteiger partial charge in [0.15, 0.2) is 8.32 Å². The van der Waals surface area contributed by atoms with Crippen molar-refractivity contribution in [2.75, 3.05) is 19.6 Å². The highest BCUT2D eigenvalue weighted by Crippen LogP contribution is 2.32. The summed E-state index contributed by atoms with van der Waals surface area (Å²) in [6, 6.07) is 8.23. The van der Waals surface area contributed by atoms with Crippen molar-refractivity contribution >= 4 is 14.2 Å². The van der Waals surface area contributed by atoms with E-state index in [2.05, 4.69) is 25.7 Å². The fraction of sp³-hybridized carbons (Fsp3) is 0.682. The normalized spacial score (nSPS) is 23.5. The number of nitrogens with zero attached hydrogens (tertiary/aromatic N) is 2. The predicted molar refractivity (Wildman–Crippen MR) is 114 cm³/mol. The van der Waals surface area contributed by atoms with Crippen molar-refractivity contribution in [3.8, 4) is 0 Å². The Morgan fingerprint density at radius 1 is 1.07 bits per heavy atom. The van der Waals surface area contributed by atoms with Gasteiger partial charge in [-0.3, -0.25) is 9.69 Å². The lowest BCUT2D eigenvalue weighted by molar-refractivity contribution is -0.138. The third kappa shape index (κ3) is 5.08. The fourth-order valence-electron chi connectivity index (χ4n) is 4.77. The van der Waals surface area contributed by atoms with Gasteiger partial charge >= 0.3 is 6.18 Å². The number of halogens is 3. The summed E-state index contributed by atoms with van der Waals surface area (Å²) in [5.74, 6) is 0.0789. The Morgan fingerprint density at radius 3 is 2.27 bits per heavy atom. The van der Waals surface area contributed by atoms with Crippen LogP contribution in [0.2, 0.25) is 18.1 Å². The van der Waals surface area contributed by atoms with Crippen molar-refractivity contribution in [2.45, 2.75) is 76.6 Å². The van der Waals surface area contributed by atoms with Gasteiger partial charge in [-0.2, -0.15) is 13.2 Å². The van der Waals surface area contributed by atoms with E-state index >= 15 is 0 Å². The number of fused-ring (bicyclic) bond motifs is 1. The highest BCUT2D eigenvalue weighted by atomic mass is 28.4. The van der Waals surface area contributed by atoms with Crippen molar-refractivity contribution in [3.05, 3.63) is 35.4 Å². The molecule has 168 valence electrons. The molecule has 2 heterocycles. The molecule has 2 saturated heterocycles. The lowest BCUT2D eigenvalue weighted by Crippen LogP contribution is -2.42. The first-order chi connectivity index (χ1) is 14.2. The Balaban J connectivity index is 1.66. The Labute approximate surface area is 178 Å². The highest BCUT2D eigenvalue weighted by molar-refractivity contribution is 6.73. The zero-order valence-corrected chi connectivity index (χ0v) is 19.2. The van der Waals surface area contributed by atoms with Crippen molar-refractivity contribution in [1.29, 1.82) is 0 Å². The monoisotopic (exact) mass is 442 g/mol. The Bertz CT molecular complexity index is 714. The van der Waals surface area contributed by atoms with Crippen LogP contribution in [0.15, 0.2) is 24.3 Å². The molecule has 1 aromatic rings. The van der Waals surface area contributed by atoms with Crippen LogP contribution in [0.1, 0.15) is 44.7 Å². The zero-order valence-electron chi connectivity index (χ0n) is 18.2. The summed E-state index contributed by atoms with van der Waals surface area (Å²) in [6.45, 7) is 9.29. The van der Waals surface area contributed by atoms with Gasteiger partial charge in [-0.15, -0.1) is 0 Å². The third-order valence-electron chi connectivity index (χ3n) is 6.84. The molecule has 2 aliphatic heterocycles. The van der Waals surface area contributed by atoms with Crippen LogP contribution < -0.4 is 0 Å². The topological polar surface area (TPSA) is 32.8 Å². The van der Waals surface area contributed by atoms with E-state index in [1.165, 1.54) is 12.1 Å². The second-order valence-electron chi connectivity index (χ2n) is 8.54. The second-order valence-corrected chi connectivity index (χ2v) is 13.3. The number of alkyl halides is 3. The largest absolute Gasteiger partial charge is 0.416 e. The van der Waals surface area contributed by atoms with Crippen LogP contribution in [-0.2, 0) is 21.9 Å². The van der Waals surface area contributed by atoms with Crippen molar-refractivity contribution in [1.82, 2.24) is 9.80 Å². The maximum Gasteiger partial charge on any atom is 0.416 e. The van der Waals surface area contributed by atoms with Gasteiger partial charge in [-0.25, -0.2) is 0 Å². The van der Waals surface area contributed by atoms with Crippen molar-refractivity contribution in [2.24, 2.45) is 0 Å². The van der Waals surface area contributed by atoms with Crippen molar-refractivity contribution < 1.29 is 22.4 Å². The number of carbonyl (C=O) groups is 1. The number of hydrogen-bond donors (Lipinski definition) is 0. The molecule has 2 atom stereocenters. The Hall–Kier alpha value is -1.38. The summed E-state index contributed by atoms with van der Waals surface area (Å²) in [5, 5.41) is 0. The van der Waals surface area contributed by atoms with E-state index in [1.807, 2.05) is 0 Å². The maximum absolute atomic E-state index is 13.2. The van der Waals surface area contributed by atoms with E-state index in [9.17, 15) is 18.0 Å². The Morgan fingerprint density at radius 2 is 1.70 bits per heavy atom. The molecule has 0 aromatic heterocycles. The molecule has 30 heavy (non-hydrogen) atoms. The maximum atomic E-state index is 13.2. The number of rotatable bonds is 7. The minimum absolute atomic E-state index is 0.0789. The van der Waals surface area contributed by atoms with E-state index in [4.69, 9.17) is 4.43 Å². The van der Waals surface area contributed by atoms with Crippen LogP contribution in [-0.4, -0.2) is 55.8 Å². The van der Waals surface area contributed by atoms with Gasteiger partial charge in [-0.05, 0) is 48.7 Å². The second kappa shape index (κ2) is 9.40. The van der Waals surface area contributed by atoms with Gasteiger partial charge < -0.3 is 9.33 Å². The summed E-state index contributed by atoms with van der Waals surface area (Å²) < 4.78 is 45.0. The van der Waals surface area contributed by atoms with E-state index in [-0.39, 0.29) is 18.1 Å². The summed E-state index contributed by atoms with van der Waals surface area (Å²) in [7, 11) is -1.72. The third-order valence-corrected chi connectivity index (χ3v) is 11.5. The van der Waals surface area contributed by atoms with Gasteiger partial charge in [-0.1, -0.05) is 32.9 Å². The molecule has 1 aromatic carbocycles. The fourth-order valence-corrected chi connectivity index (χ4v) is 7.64. The first-order valence-electron chi connectivity index (χ1n) is 11.1. The van der Waals surface area contributed by atoms with Crippen LogP contribution in [0.5, 0.6) is 0 Å². The lowest BCUT2D eigenvalue weighted by atomic mass is 10.1. The van der Waals surface area contributed by atoms with E-state index in [0.717, 1.165) is 61.8 Å². The molecule has 4 nitrogen and oxygen atoms in total. The van der Waals surface area contributed by atoms with Crippen LogP contribution in [0.3, 0.4) is 0 Å². The molecule has 1 amide bonds. The van der Waals surface area contributed by atoms with Crippen LogP contribution >= 0.6 is 0 Å². The van der Waals surface area contributed by atoms with E-state index < -0.39 is 20.1 Å². The molecular formula is C22H33F3N2O2Si. The molecule has 0 spiro atoms. The number of benzene rings is 1. The SMILES string of the molecule is CC[Si](CC)(CC)O[C@@H]1C[C@H]2C(=O)N(Cc3ccc(C(F)(F)F)cc3)CCCN2C1. The summed E-state index contributed by atoms with van der Waals surface area (Å²) >= 11 is 0. The van der Waals surface area contributed by atoms with Crippen LogP contribution in [0, 0.1) is 0 Å². The molecule has 0 aliphatic carbocycles. The first kappa shape index (κ1) is 23.3. The average Bonchev–Trinajstić information content (AvgIpc) is 3.07. The van der Waals surface area contributed by atoms with E-state index in [1.54, 1.807) is 4.90 Å². The van der Waals surface area contributed by atoms with Crippen molar-refractivity contribution in [3.63, 3.8) is 0 Å². The van der Waals surface area contributed by atoms with Crippen LogP contribution in [0.4, 0.5) is 13.2 Å². The molecule has 2 aliphatic rings. The first-order valence-corrected chi connectivity index (χ1v) is 13.6. The van der Waals surface area contributed by atoms with Gasteiger partial charge in [0.05, 0.1) is 17.7 Å². The molecule has 0 unspecified atom stereocenters. The lowest BCUT2D eigenvalue weighted by Gasteiger charge is -2.31. The Kier molecular flexibility index (Phi) is 7.30. The smallest absolute Gasteiger partial charge is 0.413 e. The van der Waals surface area contributed by atoms with Gasteiger partial charge in [0.25, 0.3) is 0 Å². The molecule has 0 bridgehead atoms. The van der Waals surface area contributed by atoms with Gasteiger partial charge in [0, 0.05) is 26.2 Å². The van der Waals surface area contributed by atoms with Crippen LogP contribution in [0.25, 0.3) is 0 Å². The summed E-state index contributed by atoms with van der Waals surface area (Å²) in [4.78, 5) is 17.3. The van der Waals surface area contributed by atoms with E-state index in [0.29, 0.717) is 13.1 Å². The molecule has 0 saturated carbocycles. The molecule has 8 heteroatoms. The zero-order chi connectivity index (χ0) is 21.9. The van der Waals surface area contributed by atoms with Gasteiger partial charge in [0.1, 0.15) is 0 Å². The summed E-state index contributed by atoms with van der Waals surface area (Å²) in [6.07, 6.45) is -2.65. The summed E-state index contributed by atoms with van der Waals surface area (Å²) in [5.41, 5.74) is 0.0656. The number of hydrogen-bond acceptors (Lipinski definition) is 3. The minimum Gasteiger partial charge on any atom is -0.413 e. The average molecular weight is 443 g/mol. The minimum atomic E-state index is -4.34. The molecule has 0 N–H and O–H groups in total. The predicted octanol–water partition coefficient (Wildman–Crippen LogP) is 4.90. The van der Waals surface area contributed by atoms with Gasteiger partial charge in [0.2, 0.25) is 5.91 Å². The highest BCUT2D eigenvalue weighted by Gasteiger charge is 2.43. The molecule has 2 fully saturated rings. The standard InChI is InChI=1S/C22H33F3N2O2Si/c1-4-30(5-2,6-3)29-19-14-20-21(28)27(13-7-12-26(20)16-19)15-17-8-10-18(11-9-17)22(23,24)25/h8-11,19-20H,4-7,12-16H2,1-3H3/t19-,20+/m1/s1. The number of carbonyl (C=O) groups excluding carboxylic acids is 1. The molecule has 3 rings (SSSR count). The number of amides is 1. The molecule has 0 radical (unpaired) electrons. The molecular weight excluding hydrogens is 409 g/mol. The quantitative estimate of drug-likeness (QED) is 0.563.